The number of esters is 1. The van der Waals surface area contributed by atoms with Gasteiger partial charge in [0.25, 0.3) is 0 Å². The summed E-state index contributed by atoms with van der Waals surface area (Å²) in [6.07, 6.45) is 8.31. The molecule has 0 spiro atoms. The van der Waals surface area contributed by atoms with Crippen LogP contribution in [-0.2, 0) is 9.53 Å². The lowest BCUT2D eigenvalue weighted by Crippen LogP contribution is -2.46. The summed E-state index contributed by atoms with van der Waals surface area (Å²) in [5, 5.41) is 0.698. The Morgan fingerprint density at radius 2 is 2.03 bits per heavy atom. The Kier molecular flexibility index (Phi) is 5.60. The summed E-state index contributed by atoms with van der Waals surface area (Å²) >= 11 is 6.10. The average Bonchev–Trinajstić information content (AvgIpc) is 3.05. The number of carbonyl (C=O) groups is 1. The Morgan fingerprint density at radius 3 is 2.81 bits per heavy atom. The lowest BCUT2D eigenvalue weighted by molar-refractivity contribution is -0.144. The monoisotopic (exact) mass is 439 g/mol. The number of halogens is 2. The minimum atomic E-state index is -0.811. The molecule has 0 radical (unpaired) electrons. The van der Waals surface area contributed by atoms with E-state index in [1.807, 2.05) is 55.6 Å². The van der Waals surface area contributed by atoms with Gasteiger partial charge in [-0.3, -0.25) is 9.78 Å². The van der Waals surface area contributed by atoms with Crippen molar-refractivity contribution in [1.82, 2.24) is 4.98 Å². The first-order chi connectivity index (χ1) is 15.0. The Balaban J connectivity index is 1.40. The van der Waals surface area contributed by atoms with Crippen LogP contribution in [0.4, 0.5) is 4.39 Å². The average molecular weight is 440 g/mol. The summed E-state index contributed by atoms with van der Waals surface area (Å²) in [6, 6.07) is 11.7. The molecule has 1 aromatic carbocycles. The van der Waals surface area contributed by atoms with Crippen molar-refractivity contribution in [2.24, 2.45) is 29.6 Å². The van der Waals surface area contributed by atoms with Crippen molar-refractivity contribution in [1.29, 1.82) is 0 Å². The molecule has 5 rings (SSSR count). The van der Waals surface area contributed by atoms with Crippen molar-refractivity contribution in [3.05, 3.63) is 59.4 Å². The van der Waals surface area contributed by atoms with Crippen LogP contribution >= 0.6 is 11.6 Å². The highest BCUT2D eigenvalue weighted by atomic mass is 35.5. The van der Waals surface area contributed by atoms with Gasteiger partial charge in [0.2, 0.25) is 0 Å². The first-order valence-corrected chi connectivity index (χ1v) is 11.6. The first-order valence-electron chi connectivity index (χ1n) is 11.3. The SMILES string of the molecule is C[C@H]1OC(=O)[C@@H]2C[C@H]3[C@@H](CCC[C@H]3F)[C@H](/C=C/c3ccc(-c4cccc(Cl)c4)cn3)[C@H]12. The van der Waals surface area contributed by atoms with Crippen molar-refractivity contribution in [3.63, 3.8) is 0 Å². The summed E-state index contributed by atoms with van der Waals surface area (Å²) < 4.78 is 20.4. The summed E-state index contributed by atoms with van der Waals surface area (Å²) in [6.45, 7) is 1.98. The molecule has 3 aliphatic rings. The maximum atomic E-state index is 14.8. The van der Waals surface area contributed by atoms with Gasteiger partial charge in [0.05, 0.1) is 11.6 Å². The number of pyridine rings is 1. The number of cyclic esters (lactones) is 1. The van der Waals surface area contributed by atoms with E-state index in [-0.39, 0.29) is 41.7 Å². The maximum absolute atomic E-state index is 14.8. The predicted octanol–water partition coefficient (Wildman–Crippen LogP) is 6.37. The highest BCUT2D eigenvalue weighted by Gasteiger charge is 2.55. The van der Waals surface area contributed by atoms with Crippen LogP contribution in [0.15, 0.2) is 48.7 Å². The van der Waals surface area contributed by atoms with Gasteiger partial charge in [-0.15, -0.1) is 0 Å². The Labute approximate surface area is 187 Å². The van der Waals surface area contributed by atoms with Gasteiger partial charge in [0.15, 0.2) is 0 Å². The molecule has 0 N–H and O–H groups in total. The fourth-order valence-corrected chi connectivity index (χ4v) is 6.31. The minimum absolute atomic E-state index is 0.0411. The van der Waals surface area contributed by atoms with Crippen LogP contribution in [0.3, 0.4) is 0 Å². The molecule has 2 aromatic rings. The van der Waals surface area contributed by atoms with Crippen LogP contribution in [-0.4, -0.2) is 23.2 Å². The highest BCUT2D eigenvalue weighted by molar-refractivity contribution is 6.30. The third-order valence-corrected chi connectivity index (χ3v) is 7.78. The molecule has 31 heavy (non-hydrogen) atoms. The number of benzene rings is 1. The normalized spacial score (nSPS) is 34.9. The van der Waals surface area contributed by atoms with E-state index in [2.05, 4.69) is 11.1 Å². The van der Waals surface area contributed by atoms with Gasteiger partial charge in [-0.1, -0.05) is 42.3 Å². The highest BCUT2D eigenvalue weighted by Crippen LogP contribution is 2.54. The van der Waals surface area contributed by atoms with E-state index in [1.54, 1.807) is 0 Å². The molecule has 2 heterocycles. The molecule has 5 heteroatoms. The fourth-order valence-electron chi connectivity index (χ4n) is 6.12. The molecule has 162 valence electrons. The molecule has 3 fully saturated rings. The number of nitrogens with zero attached hydrogens (tertiary/aromatic N) is 1. The summed E-state index contributed by atoms with van der Waals surface area (Å²) in [5.41, 5.74) is 2.89. The summed E-state index contributed by atoms with van der Waals surface area (Å²) in [5.74, 6) is 0.167. The van der Waals surface area contributed by atoms with Crippen LogP contribution in [0, 0.1) is 29.6 Å². The second-order valence-corrected chi connectivity index (χ2v) is 9.69. The molecule has 1 aliphatic heterocycles. The molecule has 1 aromatic heterocycles. The molecule has 7 atom stereocenters. The zero-order valence-electron chi connectivity index (χ0n) is 17.6. The summed E-state index contributed by atoms with van der Waals surface area (Å²) in [4.78, 5) is 17.0. The van der Waals surface area contributed by atoms with Gasteiger partial charge in [-0.05, 0) is 73.8 Å². The zero-order valence-corrected chi connectivity index (χ0v) is 18.3. The van der Waals surface area contributed by atoms with E-state index in [1.165, 1.54) is 0 Å². The van der Waals surface area contributed by atoms with Gasteiger partial charge in [0.1, 0.15) is 12.3 Å². The van der Waals surface area contributed by atoms with Crippen molar-refractivity contribution in [2.45, 2.75) is 44.9 Å². The number of aromatic nitrogens is 1. The van der Waals surface area contributed by atoms with E-state index in [9.17, 15) is 9.18 Å². The number of fused-ring (bicyclic) bond motifs is 2. The number of hydrogen-bond acceptors (Lipinski definition) is 3. The Morgan fingerprint density at radius 1 is 1.16 bits per heavy atom. The van der Waals surface area contributed by atoms with Crippen molar-refractivity contribution in [3.8, 4) is 11.1 Å². The van der Waals surface area contributed by atoms with E-state index in [0.717, 1.165) is 29.7 Å². The largest absolute Gasteiger partial charge is 0.462 e. The fraction of sp³-hybridized carbons (Fsp3) is 0.462. The molecule has 0 bridgehead atoms. The summed E-state index contributed by atoms with van der Waals surface area (Å²) in [7, 11) is 0. The second-order valence-electron chi connectivity index (χ2n) is 9.25. The lowest BCUT2D eigenvalue weighted by atomic mass is 9.57. The van der Waals surface area contributed by atoms with Gasteiger partial charge in [-0.2, -0.15) is 0 Å². The molecular formula is C26H27ClFNO2. The zero-order chi connectivity index (χ0) is 21.5. The molecule has 0 amide bonds. The third-order valence-electron chi connectivity index (χ3n) is 7.54. The van der Waals surface area contributed by atoms with Crippen LogP contribution in [0.1, 0.15) is 38.3 Å². The van der Waals surface area contributed by atoms with E-state index in [0.29, 0.717) is 17.9 Å². The van der Waals surface area contributed by atoms with Crippen molar-refractivity contribution in [2.75, 3.05) is 0 Å². The van der Waals surface area contributed by atoms with Crippen LogP contribution in [0.25, 0.3) is 17.2 Å². The van der Waals surface area contributed by atoms with Crippen molar-refractivity contribution < 1.29 is 13.9 Å². The topological polar surface area (TPSA) is 39.2 Å². The van der Waals surface area contributed by atoms with Gasteiger partial charge in [0, 0.05) is 22.7 Å². The second kappa shape index (κ2) is 8.38. The maximum Gasteiger partial charge on any atom is 0.309 e. The number of rotatable bonds is 3. The van der Waals surface area contributed by atoms with E-state index >= 15 is 0 Å². The predicted molar refractivity (Wildman–Crippen MR) is 120 cm³/mol. The molecule has 3 nitrogen and oxygen atoms in total. The van der Waals surface area contributed by atoms with Crippen molar-refractivity contribution >= 4 is 23.6 Å². The lowest BCUT2D eigenvalue weighted by Gasteiger charge is -2.47. The Bertz CT molecular complexity index is 991. The molecule has 0 unspecified atom stereocenters. The Hall–Kier alpha value is -2.20. The number of allylic oxidation sites excluding steroid dienone is 1. The smallest absolute Gasteiger partial charge is 0.309 e. The van der Waals surface area contributed by atoms with Gasteiger partial charge >= 0.3 is 5.97 Å². The molecule has 2 aliphatic carbocycles. The molecule has 2 saturated carbocycles. The van der Waals surface area contributed by atoms with Gasteiger partial charge < -0.3 is 4.74 Å². The van der Waals surface area contributed by atoms with Crippen LogP contribution in [0.5, 0.6) is 0 Å². The molecular weight excluding hydrogens is 413 g/mol. The molecule has 1 saturated heterocycles. The minimum Gasteiger partial charge on any atom is -0.462 e. The first kappa shape index (κ1) is 20.7. The number of hydrogen-bond donors (Lipinski definition) is 0. The standard InChI is InChI=1S/C26H27ClFNO2/c1-15-25-21(20-6-3-7-24(28)22(20)13-23(25)26(30)31-15)11-10-19-9-8-17(14-29-19)16-4-2-5-18(27)12-16/h2,4-5,8-12,14-15,20-25H,3,6-7,13H2,1H3/b11-10+/t15-,20+,21+,22+,23-,24-,25+/m1/s1. The number of ether oxygens (including phenoxy) is 1. The van der Waals surface area contributed by atoms with Gasteiger partial charge in [-0.25, -0.2) is 4.39 Å². The number of alkyl halides is 1. The third kappa shape index (κ3) is 3.91. The number of carbonyl (C=O) groups excluding carboxylic acids is 1. The van der Waals surface area contributed by atoms with Crippen LogP contribution in [0.2, 0.25) is 5.02 Å². The van der Waals surface area contributed by atoms with Crippen LogP contribution < -0.4 is 0 Å². The van der Waals surface area contributed by atoms with E-state index < -0.39 is 6.17 Å². The quantitative estimate of drug-likeness (QED) is 0.522. The van der Waals surface area contributed by atoms with E-state index in [4.69, 9.17) is 16.3 Å².